The fourth-order valence-electron chi connectivity index (χ4n) is 2.80. The van der Waals surface area contributed by atoms with E-state index in [9.17, 15) is 14.7 Å². The first-order valence-corrected chi connectivity index (χ1v) is 7.97. The number of nitrogens with one attached hydrogen (secondary N) is 1. The average Bonchev–Trinajstić information content (AvgIpc) is 2.60. The fourth-order valence-corrected chi connectivity index (χ4v) is 2.80. The smallest absolute Gasteiger partial charge is 0.326 e. The van der Waals surface area contributed by atoms with Gasteiger partial charge in [0.15, 0.2) is 0 Å². The third-order valence-corrected chi connectivity index (χ3v) is 4.00. The van der Waals surface area contributed by atoms with E-state index in [0.717, 1.165) is 16.5 Å². The molecule has 0 aliphatic rings. The standard InChI is InChI=1S/C20H18N2O3/c1-13-5-2-6-14(11-13)12-17(20(24)25)22-19(23)16-9-3-7-15-8-4-10-21-18(15)16/h2-11,17H,12H2,1H3,(H,22,23)(H,24,25)/t17-/m0/s1. The number of aliphatic carboxylic acids is 1. The van der Waals surface area contributed by atoms with Crippen molar-refractivity contribution in [2.75, 3.05) is 0 Å². The maximum absolute atomic E-state index is 12.6. The third-order valence-electron chi connectivity index (χ3n) is 4.00. The van der Waals surface area contributed by atoms with Gasteiger partial charge in [0.05, 0.1) is 11.1 Å². The van der Waals surface area contributed by atoms with Gasteiger partial charge < -0.3 is 10.4 Å². The summed E-state index contributed by atoms with van der Waals surface area (Å²) in [7, 11) is 0. The fraction of sp³-hybridized carbons (Fsp3) is 0.150. The first-order valence-electron chi connectivity index (χ1n) is 7.97. The van der Waals surface area contributed by atoms with Crippen LogP contribution in [0.25, 0.3) is 10.9 Å². The van der Waals surface area contributed by atoms with Gasteiger partial charge >= 0.3 is 5.97 Å². The second-order valence-electron chi connectivity index (χ2n) is 5.94. The topological polar surface area (TPSA) is 79.3 Å². The van der Waals surface area contributed by atoms with Crippen LogP contribution < -0.4 is 5.32 Å². The van der Waals surface area contributed by atoms with Gasteiger partial charge in [0.2, 0.25) is 0 Å². The Kier molecular flexibility index (Phi) is 4.75. The van der Waals surface area contributed by atoms with Crippen LogP contribution in [0.5, 0.6) is 0 Å². The molecule has 0 aliphatic carbocycles. The number of aromatic nitrogens is 1. The van der Waals surface area contributed by atoms with E-state index in [4.69, 9.17) is 0 Å². The van der Waals surface area contributed by atoms with Crippen molar-refractivity contribution in [2.45, 2.75) is 19.4 Å². The lowest BCUT2D eigenvalue weighted by molar-refractivity contribution is -0.139. The van der Waals surface area contributed by atoms with Gasteiger partial charge in [0.1, 0.15) is 6.04 Å². The summed E-state index contributed by atoms with van der Waals surface area (Å²) in [6.45, 7) is 1.94. The summed E-state index contributed by atoms with van der Waals surface area (Å²) in [5.41, 5.74) is 2.84. The molecular weight excluding hydrogens is 316 g/mol. The van der Waals surface area contributed by atoms with E-state index < -0.39 is 17.9 Å². The molecule has 0 saturated carbocycles. The van der Waals surface area contributed by atoms with Gasteiger partial charge in [-0.15, -0.1) is 0 Å². The zero-order valence-corrected chi connectivity index (χ0v) is 13.8. The Morgan fingerprint density at radius 1 is 1.12 bits per heavy atom. The number of fused-ring (bicyclic) bond motifs is 1. The van der Waals surface area contributed by atoms with Crippen LogP contribution >= 0.6 is 0 Å². The normalized spacial score (nSPS) is 11.9. The summed E-state index contributed by atoms with van der Waals surface area (Å²) >= 11 is 0. The zero-order valence-electron chi connectivity index (χ0n) is 13.8. The summed E-state index contributed by atoms with van der Waals surface area (Å²) in [5.74, 6) is -1.51. The molecule has 0 spiro atoms. The Bertz CT molecular complexity index is 932. The molecule has 2 aromatic carbocycles. The lowest BCUT2D eigenvalue weighted by atomic mass is 10.0. The predicted octanol–water partition coefficient (Wildman–Crippen LogP) is 2.97. The molecule has 0 aliphatic heterocycles. The number of benzene rings is 2. The first kappa shape index (κ1) is 16.6. The average molecular weight is 334 g/mol. The van der Waals surface area contributed by atoms with Crippen LogP contribution in [-0.2, 0) is 11.2 Å². The number of hydrogen-bond donors (Lipinski definition) is 2. The van der Waals surface area contributed by atoms with Gasteiger partial charge in [-0.05, 0) is 24.6 Å². The van der Waals surface area contributed by atoms with Gasteiger partial charge in [-0.3, -0.25) is 9.78 Å². The Morgan fingerprint density at radius 3 is 2.64 bits per heavy atom. The number of carboxylic acid groups (broad SMARTS) is 1. The molecule has 1 aromatic heterocycles. The van der Waals surface area contributed by atoms with Crippen LogP contribution in [0.1, 0.15) is 21.5 Å². The van der Waals surface area contributed by atoms with Gasteiger partial charge in [-0.25, -0.2) is 4.79 Å². The second kappa shape index (κ2) is 7.13. The van der Waals surface area contributed by atoms with Gasteiger partial charge in [0.25, 0.3) is 5.91 Å². The molecule has 3 rings (SSSR count). The maximum Gasteiger partial charge on any atom is 0.326 e. The number of carbonyl (C=O) groups is 2. The van der Waals surface area contributed by atoms with Crippen LogP contribution in [0, 0.1) is 6.92 Å². The molecule has 25 heavy (non-hydrogen) atoms. The Hall–Kier alpha value is -3.21. The number of amides is 1. The number of pyridine rings is 1. The van der Waals surface area contributed by atoms with E-state index in [1.807, 2.05) is 43.3 Å². The highest BCUT2D eigenvalue weighted by Gasteiger charge is 2.22. The van der Waals surface area contributed by atoms with Gasteiger partial charge in [-0.1, -0.05) is 48.0 Å². The number of carbonyl (C=O) groups excluding carboxylic acids is 1. The molecule has 0 bridgehead atoms. The highest BCUT2D eigenvalue weighted by molar-refractivity contribution is 6.06. The minimum absolute atomic E-state index is 0.223. The quantitative estimate of drug-likeness (QED) is 0.752. The van der Waals surface area contributed by atoms with Crippen molar-refractivity contribution in [3.63, 3.8) is 0 Å². The molecule has 0 fully saturated rings. The number of hydrogen-bond acceptors (Lipinski definition) is 3. The first-order chi connectivity index (χ1) is 12.0. The highest BCUT2D eigenvalue weighted by atomic mass is 16.4. The van der Waals surface area contributed by atoms with Gasteiger partial charge in [0, 0.05) is 18.0 Å². The third kappa shape index (κ3) is 3.83. The summed E-state index contributed by atoms with van der Waals surface area (Å²) in [4.78, 5) is 28.4. The van der Waals surface area contributed by atoms with E-state index in [1.54, 1.807) is 24.4 Å². The monoisotopic (exact) mass is 334 g/mol. The van der Waals surface area contributed by atoms with Crippen molar-refractivity contribution < 1.29 is 14.7 Å². The second-order valence-corrected chi connectivity index (χ2v) is 5.94. The lowest BCUT2D eigenvalue weighted by Gasteiger charge is -2.15. The van der Waals surface area contributed by atoms with Crippen LogP contribution in [0.4, 0.5) is 0 Å². The van der Waals surface area contributed by atoms with E-state index in [2.05, 4.69) is 10.3 Å². The summed E-state index contributed by atoms with van der Waals surface area (Å²) < 4.78 is 0. The van der Waals surface area contributed by atoms with E-state index in [-0.39, 0.29) is 6.42 Å². The number of carboxylic acids is 1. The molecule has 5 heteroatoms. The largest absolute Gasteiger partial charge is 0.480 e. The van der Waals surface area contributed by atoms with Crippen molar-refractivity contribution >= 4 is 22.8 Å². The number of aryl methyl sites for hydroxylation is 1. The Balaban J connectivity index is 1.84. The SMILES string of the molecule is Cc1cccc(C[C@H](NC(=O)c2cccc3cccnc23)C(=O)O)c1. The molecule has 0 saturated heterocycles. The molecule has 1 atom stereocenters. The molecule has 1 amide bonds. The molecule has 0 unspecified atom stereocenters. The maximum atomic E-state index is 12.6. The molecule has 2 N–H and O–H groups in total. The lowest BCUT2D eigenvalue weighted by Crippen LogP contribution is -2.42. The summed E-state index contributed by atoms with van der Waals surface area (Å²) in [6, 6.07) is 15.5. The van der Waals surface area contributed by atoms with Crippen molar-refractivity contribution in [3.8, 4) is 0 Å². The van der Waals surface area contributed by atoms with E-state index >= 15 is 0 Å². The Labute approximate surface area is 145 Å². The van der Waals surface area contributed by atoms with Crippen molar-refractivity contribution in [1.29, 1.82) is 0 Å². The molecule has 0 radical (unpaired) electrons. The number of rotatable bonds is 5. The van der Waals surface area contributed by atoms with Crippen molar-refractivity contribution in [3.05, 3.63) is 77.5 Å². The predicted molar refractivity (Wildman–Crippen MR) is 95.5 cm³/mol. The van der Waals surface area contributed by atoms with Crippen LogP contribution in [0.3, 0.4) is 0 Å². The Morgan fingerprint density at radius 2 is 1.88 bits per heavy atom. The summed E-state index contributed by atoms with van der Waals surface area (Å²) in [6.07, 6.45) is 1.83. The van der Waals surface area contributed by atoms with Gasteiger partial charge in [-0.2, -0.15) is 0 Å². The van der Waals surface area contributed by atoms with E-state index in [1.165, 1.54) is 0 Å². The van der Waals surface area contributed by atoms with Crippen molar-refractivity contribution in [1.82, 2.24) is 10.3 Å². The molecule has 3 aromatic rings. The molecule has 5 nitrogen and oxygen atoms in total. The molecule has 126 valence electrons. The number of nitrogens with zero attached hydrogens (tertiary/aromatic N) is 1. The van der Waals surface area contributed by atoms with Crippen LogP contribution in [0.15, 0.2) is 60.8 Å². The minimum atomic E-state index is -1.07. The van der Waals surface area contributed by atoms with Crippen LogP contribution in [-0.4, -0.2) is 28.0 Å². The summed E-state index contributed by atoms with van der Waals surface area (Å²) in [5, 5.41) is 12.9. The highest BCUT2D eigenvalue weighted by Crippen LogP contribution is 2.16. The van der Waals surface area contributed by atoms with Crippen LogP contribution in [0.2, 0.25) is 0 Å². The zero-order chi connectivity index (χ0) is 17.8. The minimum Gasteiger partial charge on any atom is -0.480 e. The van der Waals surface area contributed by atoms with E-state index in [0.29, 0.717) is 11.1 Å². The molecular formula is C20H18N2O3. The van der Waals surface area contributed by atoms with Crippen molar-refractivity contribution in [2.24, 2.45) is 0 Å². The number of para-hydroxylation sites is 1. The molecule has 1 heterocycles.